The smallest absolute Gasteiger partial charge is 0.193 e. The van der Waals surface area contributed by atoms with E-state index in [4.69, 9.17) is 0 Å². The maximum atomic E-state index is 13.2. The van der Waals surface area contributed by atoms with Gasteiger partial charge in [0, 0.05) is 39.6 Å². The molecule has 1 N–H and O–H groups in total. The highest BCUT2D eigenvalue weighted by Gasteiger charge is 2.06. The highest BCUT2D eigenvalue weighted by atomic mass is 127. The molecule has 0 aliphatic heterocycles. The van der Waals surface area contributed by atoms with Gasteiger partial charge in [-0.1, -0.05) is 12.1 Å². The summed E-state index contributed by atoms with van der Waals surface area (Å²) in [6.07, 6.45) is 3.67. The number of hydrogen-bond donors (Lipinski definition) is 1. The van der Waals surface area contributed by atoms with E-state index in [0.717, 1.165) is 24.6 Å². The highest BCUT2D eigenvalue weighted by Crippen LogP contribution is 2.06. The minimum atomic E-state index is -0.220. The number of benzene rings is 1. The first kappa shape index (κ1) is 18.4. The second-order valence-corrected chi connectivity index (χ2v) is 4.73. The van der Waals surface area contributed by atoms with Gasteiger partial charge in [-0.25, -0.2) is 4.39 Å². The molecule has 0 aliphatic rings. The van der Waals surface area contributed by atoms with Crippen LogP contribution in [0, 0.1) is 5.82 Å². The van der Waals surface area contributed by atoms with Crippen LogP contribution in [-0.2, 0) is 13.1 Å². The highest BCUT2D eigenvalue weighted by molar-refractivity contribution is 14.0. The Morgan fingerprint density at radius 2 is 2.23 bits per heavy atom. The number of aliphatic imine (C=N–C) groups is 1. The molecule has 0 radical (unpaired) electrons. The molecule has 0 saturated carbocycles. The lowest BCUT2D eigenvalue weighted by molar-refractivity contribution is 0.469. The van der Waals surface area contributed by atoms with E-state index in [1.165, 1.54) is 12.1 Å². The fourth-order valence-corrected chi connectivity index (χ4v) is 2.08. The van der Waals surface area contributed by atoms with Gasteiger partial charge in [-0.2, -0.15) is 5.10 Å². The van der Waals surface area contributed by atoms with Gasteiger partial charge in [-0.05, 0) is 23.8 Å². The zero-order valence-corrected chi connectivity index (χ0v) is 15.1. The average Bonchev–Trinajstić information content (AvgIpc) is 2.96. The summed E-state index contributed by atoms with van der Waals surface area (Å²) >= 11 is 0. The van der Waals surface area contributed by atoms with Gasteiger partial charge >= 0.3 is 0 Å². The molecule has 2 rings (SSSR count). The molecular formula is C15H21FIN5. The molecule has 0 aliphatic carbocycles. The van der Waals surface area contributed by atoms with Crippen LogP contribution in [-0.4, -0.2) is 41.3 Å². The molecule has 0 amide bonds. The normalized spacial score (nSPS) is 11.0. The van der Waals surface area contributed by atoms with Crippen molar-refractivity contribution in [2.75, 3.05) is 20.6 Å². The van der Waals surface area contributed by atoms with Crippen LogP contribution in [0.2, 0.25) is 0 Å². The van der Waals surface area contributed by atoms with Gasteiger partial charge in [0.15, 0.2) is 5.96 Å². The first-order valence-electron chi connectivity index (χ1n) is 6.82. The Morgan fingerprint density at radius 1 is 1.41 bits per heavy atom. The van der Waals surface area contributed by atoms with Crippen molar-refractivity contribution in [2.45, 2.75) is 13.1 Å². The molecule has 2 aromatic rings. The molecule has 0 bridgehead atoms. The summed E-state index contributed by atoms with van der Waals surface area (Å²) in [6, 6.07) is 8.49. The van der Waals surface area contributed by atoms with Crippen LogP contribution < -0.4 is 5.32 Å². The Balaban J connectivity index is 0.00000242. The Bertz CT molecular complexity index is 585. The number of hydrogen-bond acceptors (Lipinski definition) is 2. The predicted molar refractivity (Wildman–Crippen MR) is 96.9 cm³/mol. The first-order chi connectivity index (χ1) is 10.2. The second kappa shape index (κ2) is 9.39. The summed E-state index contributed by atoms with van der Waals surface area (Å²) in [4.78, 5) is 6.19. The van der Waals surface area contributed by atoms with Crippen molar-refractivity contribution in [2.24, 2.45) is 4.99 Å². The molecule has 0 spiro atoms. The topological polar surface area (TPSA) is 45.5 Å². The Morgan fingerprint density at radius 3 is 2.86 bits per heavy atom. The van der Waals surface area contributed by atoms with E-state index in [9.17, 15) is 4.39 Å². The first-order valence-corrected chi connectivity index (χ1v) is 6.82. The quantitative estimate of drug-likeness (QED) is 0.462. The minimum Gasteiger partial charge on any atom is -0.354 e. The third-order valence-corrected chi connectivity index (χ3v) is 3.07. The lowest BCUT2D eigenvalue weighted by Crippen LogP contribution is -2.39. The van der Waals surface area contributed by atoms with Crippen molar-refractivity contribution in [3.8, 4) is 0 Å². The van der Waals surface area contributed by atoms with E-state index in [2.05, 4.69) is 15.4 Å². The Labute approximate surface area is 147 Å². The Hall–Kier alpha value is -1.64. The van der Waals surface area contributed by atoms with Gasteiger partial charge in [-0.15, -0.1) is 24.0 Å². The third kappa shape index (κ3) is 5.63. The molecule has 22 heavy (non-hydrogen) atoms. The maximum absolute atomic E-state index is 13.2. The summed E-state index contributed by atoms with van der Waals surface area (Å²) in [5, 5.41) is 7.41. The summed E-state index contributed by atoms with van der Waals surface area (Å²) in [5.41, 5.74) is 0.910. The van der Waals surface area contributed by atoms with Gasteiger partial charge in [-0.3, -0.25) is 9.67 Å². The zero-order valence-electron chi connectivity index (χ0n) is 12.7. The number of nitrogens with zero attached hydrogens (tertiary/aromatic N) is 4. The lowest BCUT2D eigenvalue weighted by atomic mass is 10.2. The fraction of sp³-hybridized carbons (Fsp3) is 0.333. The lowest BCUT2D eigenvalue weighted by Gasteiger charge is -2.22. The van der Waals surface area contributed by atoms with Crippen LogP contribution in [0.25, 0.3) is 0 Å². The molecule has 0 unspecified atom stereocenters. The molecule has 1 aromatic heterocycles. The van der Waals surface area contributed by atoms with Gasteiger partial charge in [0.25, 0.3) is 0 Å². The van der Waals surface area contributed by atoms with Crippen LogP contribution in [0.15, 0.2) is 47.7 Å². The van der Waals surface area contributed by atoms with Crippen molar-refractivity contribution in [3.63, 3.8) is 0 Å². The van der Waals surface area contributed by atoms with Crippen molar-refractivity contribution in [1.82, 2.24) is 20.0 Å². The predicted octanol–water partition coefficient (Wildman–Crippen LogP) is 2.35. The maximum Gasteiger partial charge on any atom is 0.193 e. The van der Waals surface area contributed by atoms with Gasteiger partial charge < -0.3 is 10.2 Å². The summed E-state index contributed by atoms with van der Waals surface area (Å²) in [5.74, 6) is 0.550. The van der Waals surface area contributed by atoms with Crippen LogP contribution >= 0.6 is 24.0 Å². The molecule has 0 fully saturated rings. The number of aromatic nitrogens is 2. The van der Waals surface area contributed by atoms with E-state index in [-0.39, 0.29) is 29.8 Å². The van der Waals surface area contributed by atoms with E-state index in [1.54, 1.807) is 19.3 Å². The van der Waals surface area contributed by atoms with Crippen molar-refractivity contribution in [3.05, 3.63) is 54.1 Å². The van der Waals surface area contributed by atoms with Crippen LogP contribution in [0.5, 0.6) is 0 Å². The third-order valence-electron chi connectivity index (χ3n) is 3.07. The summed E-state index contributed by atoms with van der Waals surface area (Å²) < 4.78 is 15.0. The largest absolute Gasteiger partial charge is 0.354 e. The van der Waals surface area contributed by atoms with E-state index >= 15 is 0 Å². The van der Waals surface area contributed by atoms with Crippen LogP contribution in [0.4, 0.5) is 4.39 Å². The van der Waals surface area contributed by atoms with Gasteiger partial charge in [0.05, 0.1) is 6.54 Å². The SMILES string of the molecule is CN=C(NCCn1cccn1)N(C)Cc1cccc(F)c1.I. The van der Waals surface area contributed by atoms with Crippen LogP contribution in [0.3, 0.4) is 0 Å². The van der Waals surface area contributed by atoms with E-state index < -0.39 is 0 Å². The number of rotatable bonds is 5. The molecule has 0 atom stereocenters. The molecule has 5 nitrogen and oxygen atoms in total. The number of guanidine groups is 1. The molecule has 120 valence electrons. The van der Waals surface area contributed by atoms with Crippen molar-refractivity contribution < 1.29 is 4.39 Å². The van der Waals surface area contributed by atoms with Gasteiger partial charge in [0.2, 0.25) is 0 Å². The van der Waals surface area contributed by atoms with E-state index in [1.807, 2.05) is 35.0 Å². The number of halogens is 2. The molecule has 0 saturated heterocycles. The van der Waals surface area contributed by atoms with Crippen molar-refractivity contribution >= 4 is 29.9 Å². The molecular weight excluding hydrogens is 396 g/mol. The van der Waals surface area contributed by atoms with Crippen LogP contribution in [0.1, 0.15) is 5.56 Å². The molecule has 1 heterocycles. The average molecular weight is 417 g/mol. The summed E-state index contributed by atoms with van der Waals surface area (Å²) in [6.45, 7) is 2.08. The van der Waals surface area contributed by atoms with Crippen molar-refractivity contribution in [1.29, 1.82) is 0 Å². The fourth-order valence-electron chi connectivity index (χ4n) is 2.08. The molecule has 1 aromatic carbocycles. The van der Waals surface area contributed by atoms with E-state index in [0.29, 0.717) is 6.54 Å². The zero-order chi connectivity index (χ0) is 15.1. The Kier molecular flexibility index (Phi) is 7.86. The monoisotopic (exact) mass is 417 g/mol. The molecule has 7 heteroatoms. The summed E-state index contributed by atoms with van der Waals surface area (Å²) in [7, 11) is 3.66. The van der Waals surface area contributed by atoms with Gasteiger partial charge in [0.1, 0.15) is 5.82 Å². The standard InChI is InChI=1S/C15H20FN5.HI/c1-17-15(18-8-10-21-9-4-7-19-21)20(2)12-13-5-3-6-14(16)11-13;/h3-7,9,11H,8,10,12H2,1-2H3,(H,17,18);1H. The number of nitrogens with one attached hydrogen (secondary N) is 1. The minimum absolute atomic E-state index is 0. The second-order valence-electron chi connectivity index (χ2n) is 4.73.